The van der Waals surface area contributed by atoms with E-state index in [0.717, 1.165) is 24.2 Å². The van der Waals surface area contributed by atoms with Gasteiger partial charge in [-0.05, 0) is 72.9 Å². The van der Waals surface area contributed by atoms with Crippen molar-refractivity contribution in [2.24, 2.45) is 5.92 Å². The zero-order valence-corrected chi connectivity index (χ0v) is 14.0. The van der Waals surface area contributed by atoms with Crippen molar-refractivity contribution in [2.75, 3.05) is 6.61 Å². The summed E-state index contributed by atoms with van der Waals surface area (Å²) >= 11 is 0. The molecule has 0 saturated heterocycles. The summed E-state index contributed by atoms with van der Waals surface area (Å²) in [6.07, 6.45) is 8.33. The van der Waals surface area contributed by atoms with Crippen LogP contribution in [0.4, 0.5) is 0 Å². The Hall–Kier alpha value is -1.50. The number of hydrogen-bond donors (Lipinski definition) is 0. The predicted molar refractivity (Wildman–Crippen MR) is 94.7 cm³/mol. The maximum Gasteiger partial charge on any atom is 0.119 e. The monoisotopic (exact) mass is 296 g/mol. The van der Waals surface area contributed by atoms with E-state index < -0.39 is 0 Å². The second kappa shape index (κ2) is 7.17. The zero-order chi connectivity index (χ0) is 15.4. The first kappa shape index (κ1) is 15.4. The summed E-state index contributed by atoms with van der Waals surface area (Å²) in [4.78, 5) is 0. The molecule has 0 spiro atoms. The Balaban J connectivity index is 1.74. The van der Waals surface area contributed by atoms with Crippen LogP contribution in [-0.4, -0.2) is 6.61 Å². The molecule has 0 radical (unpaired) electrons. The van der Waals surface area contributed by atoms with Gasteiger partial charge in [-0.15, -0.1) is 0 Å². The molecule has 0 bridgehead atoms. The lowest BCUT2D eigenvalue weighted by Crippen LogP contribution is -2.13. The lowest BCUT2D eigenvalue weighted by atomic mass is 9.77. The van der Waals surface area contributed by atoms with Crippen molar-refractivity contribution in [3.05, 3.63) is 42.0 Å². The highest BCUT2D eigenvalue weighted by molar-refractivity contribution is 5.84. The van der Waals surface area contributed by atoms with Gasteiger partial charge < -0.3 is 4.74 Å². The molecule has 0 amide bonds. The number of benzene rings is 2. The molecule has 118 valence electrons. The SMILES string of the molecule is CCC[C@H]1CC[C@H](c2ccc3cc(OCC)ccc3c2)CC1. The molecule has 2 aromatic rings. The third-order valence-corrected chi connectivity index (χ3v) is 5.16. The fourth-order valence-corrected chi connectivity index (χ4v) is 3.95. The lowest BCUT2D eigenvalue weighted by molar-refractivity contribution is 0.308. The number of fused-ring (bicyclic) bond motifs is 1. The molecule has 0 N–H and O–H groups in total. The number of rotatable bonds is 5. The van der Waals surface area contributed by atoms with Gasteiger partial charge in [0.15, 0.2) is 0 Å². The number of hydrogen-bond acceptors (Lipinski definition) is 1. The molecule has 0 atom stereocenters. The minimum absolute atomic E-state index is 0.727. The first-order valence-electron chi connectivity index (χ1n) is 8.96. The van der Waals surface area contributed by atoms with Gasteiger partial charge in [0.05, 0.1) is 6.61 Å². The summed E-state index contributed by atoms with van der Waals surface area (Å²) in [6, 6.07) is 13.4. The third-order valence-electron chi connectivity index (χ3n) is 5.16. The van der Waals surface area contributed by atoms with E-state index in [2.05, 4.69) is 43.3 Å². The van der Waals surface area contributed by atoms with Crippen molar-refractivity contribution >= 4 is 10.8 Å². The van der Waals surface area contributed by atoms with Crippen molar-refractivity contribution in [1.29, 1.82) is 0 Å². The normalized spacial score (nSPS) is 21.9. The van der Waals surface area contributed by atoms with Crippen molar-refractivity contribution < 1.29 is 4.74 Å². The van der Waals surface area contributed by atoms with Gasteiger partial charge in [0.25, 0.3) is 0 Å². The minimum atomic E-state index is 0.727. The van der Waals surface area contributed by atoms with E-state index in [9.17, 15) is 0 Å². The van der Waals surface area contributed by atoms with Crippen LogP contribution in [0.1, 0.15) is 63.9 Å². The molecule has 1 saturated carbocycles. The molecule has 1 aliphatic rings. The van der Waals surface area contributed by atoms with Gasteiger partial charge in [-0.1, -0.05) is 44.0 Å². The van der Waals surface area contributed by atoms with E-state index in [1.165, 1.54) is 54.9 Å². The molecule has 2 aromatic carbocycles. The number of ether oxygens (including phenoxy) is 1. The van der Waals surface area contributed by atoms with Gasteiger partial charge >= 0.3 is 0 Å². The maximum absolute atomic E-state index is 5.60. The molecule has 1 fully saturated rings. The third kappa shape index (κ3) is 3.45. The summed E-state index contributed by atoms with van der Waals surface area (Å²) in [5, 5.41) is 2.63. The van der Waals surface area contributed by atoms with Crippen LogP contribution in [0.2, 0.25) is 0 Å². The van der Waals surface area contributed by atoms with Crippen molar-refractivity contribution in [1.82, 2.24) is 0 Å². The second-order valence-electron chi connectivity index (χ2n) is 6.71. The summed E-state index contributed by atoms with van der Waals surface area (Å²) < 4.78 is 5.60. The van der Waals surface area contributed by atoms with E-state index in [4.69, 9.17) is 4.74 Å². The van der Waals surface area contributed by atoms with Gasteiger partial charge in [-0.3, -0.25) is 0 Å². The lowest BCUT2D eigenvalue weighted by Gasteiger charge is -2.28. The summed E-state index contributed by atoms with van der Waals surface area (Å²) in [7, 11) is 0. The quantitative estimate of drug-likeness (QED) is 0.628. The van der Waals surface area contributed by atoms with Crippen molar-refractivity contribution in [2.45, 2.75) is 58.3 Å². The summed E-state index contributed by atoms with van der Waals surface area (Å²) in [5.41, 5.74) is 1.53. The summed E-state index contributed by atoms with van der Waals surface area (Å²) in [5.74, 6) is 2.72. The molecule has 3 rings (SSSR count). The summed E-state index contributed by atoms with van der Waals surface area (Å²) in [6.45, 7) is 5.07. The van der Waals surface area contributed by atoms with Gasteiger partial charge in [0.1, 0.15) is 5.75 Å². The van der Waals surface area contributed by atoms with Crippen LogP contribution in [-0.2, 0) is 0 Å². The maximum atomic E-state index is 5.60. The molecular formula is C21H28O. The smallest absolute Gasteiger partial charge is 0.119 e. The topological polar surface area (TPSA) is 9.23 Å². The van der Waals surface area contributed by atoms with Gasteiger partial charge in [-0.25, -0.2) is 0 Å². The van der Waals surface area contributed by atoms with Crippen LogP contribution in [0.3, 0.4) is 0 Å². The Bertz CT molecular complexity index is 608. The first-order valence-corrected chi connectivity index (χ1v) is 8.96. The zero-order valence-electron chi connectivity index (χ0n) is 14.0. The molecular weight excluding hydrogens is 268 g/mol. The fraction of sp³-hybridized carbons (Fsp3) is 0.524. The minimum Gasteiger partial charge on any atom is -0.494 e. The van der Waals surface area contributed by atoms with Crippen LogP contribution in [0.25, 0.3) is 10.8 Å². The van der Waals surface area contributed by atoms with E-state index in [-0.39, 0.29) is 0 Å². The van der Waals surface area contributed by atoms with Crippen LogP contribution in [0.15, 0.2) is 36.4 Å². The highest BCUT2D eigenvalue weighted by Crippen LogP contribution is 2.38. The largest absolute Gasteiger partial charge is 0.494 e. The Labute approximate surface area is 134 Å². The molecule has 22 heavy (non-hydrogen) atoms. The van der Waals surface area contributed by atoms with Crippen molar-refractivity contribution in [3.8, 4) is 5.75 Å². The second-order valence-corrected chi connectivity index (χ2v) is 6.71. The van der Waals surface area contributed by atoms with E-state index >= 15 is 0 Å². The van der Waals surface area contributed by atoms with Gasteiger partial charge in [0.2, 0.25) is 0 Å². The Morgan fingerprint density at radius 3 is 2.36 bits per heavy atom. The van der Waals surface area contributed by atoms with E-state index in [1.807, 2.05) is 6.92 Å². The Kier molecular flexibility index (Phi) is 5.02. The van der Waals surface area contributed by atoms with E-state index in [0.29, 0.717) is 0 Å². The molecule has 0 aliphatic heterocycles. The standard InChI is InChI=1S/C21H28O/c1-3-5-16-6-8-17(9-7-16)18-10-11-20-15-21(22-4-2)13-12-19(20)14-18/h10-17H,3-9H2,1-2H3/t16-,17-. The molecule has 0 heterocycles. The van der Waals surface area contributed by atoms with Crippen LogP contribution >= 0.6 is 0 Å². The average molecular weight is 296 g/mol. The average Bonchev–Trinajstić information content (AvgIpc) is 2.56. The Morgan fingerprint density at radius 2 is 1.64 bits per heavy atom. The van der Waals surface area contributed by atoms with Crippen molar-refractivity contribution in [3.63, 3.8) is 0 Å². The highest BCUT2D eigenvalue weighted by Gasteiger charge is 2.21. The van der Waals surface area contributed by atoms with Crippen LogP contribution in [0.5, 0.6) is 5.75 Å². The molecule has 0 unspecified atom stereocenters. The molecule has 1 aliphatic carbocycles. The fourth-order valence-electron chi connectivity index (χ4n) is 3.95. The van der Waals surface area contributed by atoms with Gasteiger partial charge in [-0.2, -0.15) is 0 Å². The van der Waals surface area contributed by atoms with E-state index in [1.54, 1.807) is 0 Å². The predicted octanol–water partition coefficient (Wildman–Crippen LogP) is 6.31. The molecule has 1 nitrogen and oxygen atoms in total. The first-order chi connectivity index (χ1) is 10.8. The van der Waals surface area contributed by atoms with Crippen LogP contribution in [0, 0.1) is 5.92 Å². The molecule has 0 aromatic heterocycles. The van der Waals surface area contributed by atoms with Gasteiger partial charge in [0, 0.05) is 0 Å². The Morgan fingerprint density at radius 1 is 0.909 bits per heavy atom. The molecule has 1 heteroatoms. The van der Waals surface area contributed by atoms with Crippen LogP contribution < -0.4 is 4.74 Å². The highest BCUT2D eigenvalue weighted by atomic mass is 16.5.